The second kappa shape index (κ2) is 8.65. The smallest absolute Gasteiger partial charge is 0.267 e. The Bertz CT molecular complexity index is 1010. The number of nitrogens with one attached hydrogen (secondary N) is 1. The van der Waals surface area contributed by atoms with Crippen molar-refractivity contribution in [2.45, 2.75) is 46.2 Å². The molecule has 3 rings (SSSR count). The zero-order chi connectivity index (χ0) is 20.1. The number of carbonyl (C=O) groups is 1. The molecule has 3 aromatic rings. The van der Waals surface area contributed by atoms with Crippen LogP contribution in [-0.2, 0) is 17.8 Å². The van der Waals surface area contributed by atoms with E-state index in [0.717, 1.165) is 24.2 Å². The van der Waals surface area contributed by atoms with Crippen LogP contribution in [0.1, 0.15) is 30.3 Å². The lowest BCUT2D eigenvalue weighted by molar-refractivity contribution is -0.122. The van der Waals surface area contributed by atoms with E-state index in [2.05, 4.69) is 27.6 Å². The highest BCUT2D eigenvalue weighted by atomic mass is 16.2. The van der Waals surface area contributed by atoms with Crippen molar-refractivity contribution in [3.63, 3.8) is 0 Å². The number of rotatable bonds is 7. The second-order valence-corrected chi connectivity index (χ2v) is 7.02. The van der Waals surface area contributed by atoms with Crippen molar-refractivity contribution in [1.82, 2.24) is 24.9 Å². The normalized spacial score (nSPS) is 12.0. The van der Waals surface area contributed by atoms with Gasteiger partial charge in [-0.15, -0.1) is 5.10 Å². The largest absolute Gasteiger partial charge is 0.352 e. The van der Waals surface area contributed by atoms with Gasteiger partial charge in [0.15, 0.2) is 5.82 Å². The molecule has 2 aromatic heterocycles. The Morgan fingerprint density at radius 2 is 1.86 bits per heavy atom. The molecule has 0 aliphatic carbocycles. The lowest BCUT2D eigenvalue weighted by Crippen LogP contribution is -2.38. The average Bonchev–Trinajstić information content (AvgIpc) is 3.01. The molecule has 0 aliphatic rings. The zero-order valence-corrected chi connectivity index (χ0v) is 16.4. The first-order valence-electron chi connectivity index (χ1n) is 9.37. The van der Waals surface area contributed by atoms with Crippen LogP contribution in [0.15, 0.2) is 53.3 Å². The van der Waals surface area contributed by atoms with Gasteiger partial charge in [0.1, 0.15) is 6.54 Å². The molecule has 28 heavy (non-hydrogen) atoms. The van der Waals surface area contributed by atoms with Crippen molar-refractivity contribution in [2.75, 3.05) is 0 Å². The van der Waals surface area contributed by atoms with E-state index in [4.69, 9.17) is 0 Å². The summed E-state index contributed by atoms with van der Waals surface area (Å²) in [5.74, 6) is 0.274. The highest BCUT2D eigenvalue weighted by Crippen LogP contribution is 2.08. The Hall–Kier alpha value is -3.22. The predicted octanol–water partition coefficient (Wildman–Crippen LogP) is 2.18. The molecule has 1 amide bonds. The maximum Gasteiger partial charge on any atom is 0.267 e. The maximum absolute atomic E-state index is 12.4. The minimum atomic E-state index is -0.322. The Morgan fingerprint density at radius 3 is 2.54 bits per heavy atom. The molecule has 1 atom stereocenters. The molecule has 2 heterocycles. The van der Waals surface area contributed by atoms with Gasteiger partial charge in [-0.1, -0.05) is 30.3 Å². The van der Waals surface area contributed by atoms with Gasteiger partial charge in [0.05, 0.1) is 5.69 Å². The van der Waals surface area contributed by atoms with Gasteiger partial charge in [0.2, 0.25) is 5.91 Å². The van der Waals surface area contributed by atoms with Gasteiger partial charge >= 0.3 is 0 Å². The van der Waals surface area contributed by atoms with E-state index in [1.807, 2.05) is 45.0 Å². The van der Waals surface area contributed by atoms with Crippen LogP contribution in [0.3, 0.4) is 0 Å². The van der Waals surface area contributed by atoms with Crippen LogP contribution < -0.4 is 10.9 Å². The van der Waals surface area contributed by atoms with E-state index in [1.54, 1.807) is 10.7 Å². The van der Waals surface area contributed by atoms with E-state index in [-0.39, 0.29) is 24.1 Å². The molecule has 1 N–H and O–H groups in total. The Balaban J connectivity index is 1.62. The molecule has 0 aliphatic heterocycles. The molecule has 0 radical (unpaired) electrons. The quantitative estimate of drug-likeness (QED) is 0.682. The summed E-state index contributed by atoms with van der Waals surface area (Å²) in [6.07, 6.45) is 1.71. The van der Waals surface area contributed by atoms with Gasteiger partial charge in [-0.2, -0.15) is 5.10 Å². The minimum absolute atomic E-state index is 0.00241. The molecule has 7 nitrogen and oxygen atoms in total. The summed E-state index contributed by atoms with van der Waals surface area (Å²) in [7, 11) is 0. The number of carbonyl (C=O) groups excluding carboxylic acids is 1. The van der Waals surface area contributed by atoms with E-state index in [1.165, 1.54) is 16.3 Å². The number of hydrogen-bond donors (Lipinski definition) is 1. The molecular formula is C21H25N5O2. The number of aryl methyl sites for hydroxylation is 3. The maximum atomic E-state index is 12.4. The second-order valence-electron chi connectivity index (χ2n) is 7.02. The molecule has 7 heteroatoms. The van der Waals surface area contributed by atoms with Gasteiger partial charge in [-0.25, -0.2) is 9.36 Å². The third-order valence-corrected chi connectivity index (χ3v) is 4.49. The number of benzene rings is 1. The molecule has 0 bridgehead atoms. The fourth-order valence-electron chi connectivity index (χ4n) is 3.08. The van der Waals surface area contributed by atoms with Crippen LogP contribution in [0.4, 0.5) is 0 Å². The number of nitrogens with zero attached hydrogens (tertiary/aromatic N) is 4. The molecule has 0 saturated carbocycles. The average molecular weight is 379 g/mol. The first-order chi connectivity index (χ1) is 13.4. The van der Waals surface area contributed by atoms with Crippen molar-refractivity contribution in [3.05, 3.63) is 75.8 Å². The first-order valence-corrected chi connectivity index (χ1v) is 9.37. The van der Waals surface area contributed by atoms with E-state index in [0.29, 0.717) is 5.82 Å². The monoisotopic (exact) mass is 379 g/mol. The van der Waals surface area contributed by atoms with Crippen LogP contribution in [0.25, 0.3) is 5.82 Å². The first kappa shape index (κ1) is 19.5. The highest BCUT2D eigenvalue weighted by molar-refractivity contribution is 5.75. The number of hydrogen-bond acceptors (Lipinski definition) is 4. The number of aromatic nitrogens is 4. The Kier molecular flexibility index (Phi) is 6.03. The Labute approximate surface area is 164 Å². The number of amides is 1. The fourth-order valence-corrected chi connectivity index (χ4v) is 3.08. The summed E-state index contributed by atoms with van der Waals surface area (Å²) in [6.45, 7) is 5.65. The summed E-state index contributed by atoms with van der Waals surface area (Å²) < 4.78 is 2.83. The molecule has 0 spiro atoms. The van der Waals surface area contributed by atoms with Crippen LogP contribution in [0, 0.1) is 13.8 Å². The Morgan fingerprint density at radius 1 is 1.11 bits per heavy atom. The summed E-state index contributed by atoms with van der Waals surface area (Å²) in [6, 6.07) is 15.1. The fraction of sp³-hybridized carbons (Fsp3) is 0.333. The highest BCUT2D eigenvalue weighted by Gasteiger charge is 2.12. The molecule has 146 valence electrons. The molecular weight excluding hydrogens is 354 g/mol. The molecule has 1 unspecified atom stereocenters. The lowest BCUT2D eigenvalue weighted by atomic mass is 10.1. The van der Waals surface area contributed by atoms with Crippen molar-refractivity contribution >= 4 is 5.91 Å². The van der Waals surface area contributed by atoms with Crippen molar-refractivity contribution in [1.29, 1.82) is 0 Å². The van der Waals surface area contributed by atoms with Gasteiger partial charge in [0.25, 0.3) is 5.56 Å². The van der Waals surface area contributed by atoms with Crippen molar-refractivity contribution in [2.24, 2.45) is 0 Å². The van der Waals surface area contributed by atoms with Crippen LogP contribution in [0.5, 0.6) is 0 Å². The summed E-state index contributed by atoms with van der Waals surface area (Å²) >= 11 is 0. The van der Waals surface area contributed by atoms with Crippen LogP contribution >= 0.6 is 0 Å². The SMILES string of the molecule is Cc1cc(C)n(-c2ccc(=O)n(CC(=O)NC(C)CCc3ccccc3)n2)n1. The lowest BCUT2D eigenvalue weighted by Gasteiger charge is -2.14. The summed E-state index contributed by atoms with van der Waals surface area (Å²) in [5.41, 5.74) is 2.69. The summed E-state index contributed by atoms with van der Waals surface area (Å²) in [5, 5.41) is 11.6. The van der Waals surface area contributed by atoms with E-state index in [9.17, 15) is 9.59 Å². The topological polar surface area (TPSA) is 81.8 Å². The minimum Gasteiger partial charge on any atom is -0.352 e. The third kappa shape index (κ3) is 4.94. The predicted molar refractivity (Wildman–Crippen MR) is 107 cm³/mol. The standard InChI is InChI=1S/C21H25N5O2/c1-15(9-10-18-7-5-4-6-8-18)22-20(27)14-25-21(28)12-11-19(24-25)26-17(3)13-16(2)23-26/h4-8,11-13,15H,9-10,14H2,1-3H3,(H,22,27). The molecule has 1 aromatic carbocycles. The zero-order valence-electron chi connectivity index (χ0n) is 16.4. The molecule has 0 saturated heterocycles. The van der Waals surface area contributed by atoms with E-state index < -0.39 is 0 Å². The van der Waals surface area contributed by atoms with E-state index >= 15 is 0 Å². The summed E-state index contributed by atoms with van der Waals surface area (Å²) in [4.78, 5) is 24.5. The third-order valence-electron chi connectivity index (χ3n) is 4.49. The van der Waals surface area contributed by atoms with Gasteiger partial charge in [-0.3, -0.25) is 9.59 Å². The van der Waals surface area contributed by atoms with Gasteiger partial charge < -0.3 is 5.32 Å². The van der Waals surface area contributed by atoms with Crippen LogP contribution in [-0.4, -0.2) is 31.5 Å². The van der Waals surface area contributed by atoms with Crippen LogP contribution in [0.2, 0.25) is 0 Å². The van der Waals surface area contributed by atoms with Crippen molar-refractivity contribution in [3.8, 4) is 5.82 Å². The van der Waals surface area contributed by atoms with Gasteiger partial charge in [-0.05, 0) is 51.3 Å². The van der Waals surface area contributed by atoms with Crippen molar-refractivity contribution < 1.29 is 4.79 Å². The molecule has 0 fully saturated rings. The van der Waals surface area contributed by atoms with Gasteiger partial charge in [0, 0.05) is 17.8 Å².